The van der Waals surface area contributed by atoms with E-state index in [1.165, 1.54) is 4.90 Å². The first-order chi connectivity index (χ1) is 20.5. The summed E-state index contributed by atoms with van der Waals surface area (Å²) >= 11 is 6.14. The van der Waals surface area contributed by atoms with Gasteiger partial charge in [-0.2, -0.15) is 0 Å². The molecule has 5 rings (SSSR count). The Morgan fingerprint density at radius 2 is 1.77 bits per heavy atom. The van der Waals surface area contributed by atoms with Crippen LogP contribution >= 0.6 is 11.6 Å². The summed E-state index contributed by atoms with van der Waals surface area (Å²) in [5.41, 5.74) is -0.661. The number of carbonyl (C=O) groups is 3. The van der Waals surface area contributed by atoms with Crippen LogP contribution < -0.4 is 4.90 Å². The molecule has 8 nitrogen and oxygen atoms in total. The Labute approximate surface area is 258 Å². The van der Waals surface area contributed by atoms with Crippen molar-refractivity contribution in [3.63, 3.8) is 0 Å². The van der Waals surface area contributed by atoms with Crippen molar-refractivity contribution >= 4 is 35.0 Å². The predicted octanol–water partition coefficient (Wildman–Crippen LogP) is 4.47. The topological polar surface area (TPSA) is 90.4 Å². The van der Waals surface area contributed by atoms with Crippen molar-refractivity contribution in [3.05, 3.63) is 90.5 Å². The lowest BCUT2D eigenvalue weighted by Gasteiger charge is -2.39. The first kappa shape index (κ1) is 31.0. The molecular formula is C34H40ClN3O5. The van der Waals surface area contributed by atoms with Crippen molar-refractivity contribution in [2.45, 2.75) is 57.0 Å². The predicted molar refractivity (Wildman–Crippen MR) is 166 cm³/mol. The van der Waals surface area contributed by atoms with E-state index >= 15 is 0 Å². The molecular weight excluding hydrogens is 566 g/mol. The number of nitrogens with zero attached hydrogens (tertiary/aromatic N) is 3. The Hall–Kier alpha value is -3.46. The van der Waals surface area contributed by atoms with E-state index in [4.69, 9.17) is 16.3 Å². The smallest absolute Gasteiger partial charge is 0.253 e. The van der Waals surface area contributed by atoms with Crippen molar-refractivity contribution < 1.29 is 24.2 Å². The van der Waals surface area contributed by atoms with Gasteiger partial charge in [-0.25, -0.2) is 0 Å². The van der Waals surface area contributed by atoms with E-state index in [9.17, 15) is 19.5 Å². The Balaban J connectivity index is 1.60. The third-order valence-corrected chi connectivity index (χ3v) is 9.84. The average molecular weight is 606 g/mol. The second-order valence-electron chi connectivity index (χ2n) is 12.2. The van der Waals surface area contributed by atoms with Crippen LogP contribution in [0.2, 0.25) is 5.02 Å². The van der Waals surface area contributed by atoms with E-state index in [1.54, 1.807) is 53.1 Å². The standard InChI is InChI=1S/C34H40ClN3O5/c1-6-17-36(20-24-11-9-8-10-12-24)30(40)27-28-31(41)38(23(4)21-39)29(34(28)19-22(3)33(27,5)43-34)32(42)37(18-7-2)26-15-13-25(35)14-16-26/h6-16,22-23,27-29,39H,1-2,17-21H2,3-5H3/t22?,23-,27+,28+,29?,33-,34?/m1/s1. The number of aliphatic hydroxyl groups excluding tert-OH is 1. The fourth-order valence-electron chi connectivity index (χ4n) is 7.50. The molecule has 2 aromatic carbocycles. The molecule has 43 heavy (non-hydrogen) atoms. The SMILES string of the molecule is C=CCN(Cc1ccccc1)C(=O)[C@@H]1[C@H]2C(=O)N([C@H](C)CO)C(C(=O)N(CC=C)c3ccc(Cl)cc3)C23CC(C)[C@@]1(C)O3. The summed E-state index contributed by atoms with van der Waals surface area (Å²) in [6, 6.07) is 14.8. The van der Waals surface area contributed by atoms with Crippen molar-refractivity contribution in [1.82, 2.24) is 9.80 Å². The molecule has 2 aromatic rings. The summed E-state index contributed by atoms with van der Waals surface area (Å²) in [4.78, 5) is 48.4. The fourth-order valence-corrected chi connectivity index (χ4v) is 7.63. The van der Waals surface area contributed by atoms with Crippen LogP contribution in [-0.4, -0.2) is 75.6 Å². The molecule has 0 saturated carbocycles. The molecule has 1 spiro atoms. The number of likely N-dealkylation sites (tertiary alicyclic amines) is 1. The van der Waals surface area contributed by atoms with Crippen LogP contribution in [0.1, 0.15) is 32.8 Å². The highest BCUT2D eigenvalue weighted by Crippen LogP contribution is 2.65. The zero-order valence-corrected chi connectivity index (χ0v) is 25.7. The molecule has 3 saturated heterocycles. The molecule has 9 heteroatoms. The normalized spacial score (nSPS) is 29.7. The zero-order chi connectivity index (χ0) is 31.1. The maximum absolute atomic E-state index is 14.7. The van der Waals surface area contributed by atoms with Crippen LogP contribution in [0, 0.1) is 17.8 Å². The van der Waals surface area contributed by atoms with Gasteiger partial charge in [-0.05, 0) is 56.0 Å². The van der Waals surface area contributed by atoms with Gasteiger partial charge in [0.05, 0.1) is 30.1 Å². The molecule has 3 fully saturated rings. The van der Waals surface area contributed by atoms with Gasteiger partial charge in [0.2, 0.25) is 11.8 Å². The molecule has 0 aromatic heterocycles. The van der Waals surface area contributed by atoms with E-state index < -0.39 is 35.1 Å². The van der Waals surface area contributed by atoms with Gasteiger partial charge in [-0.15, -0.1) is 13.2 Å². The van der Waals surface area contributed by atoms with Gasteiger partial charge < -0.3 is 24.5 Å². The van der Waals surface area contributed by atoms with Crippen LogP contribution in [0.3, 0.4) is 0 Å². The number of fused-ring (bicyclic) bond motifs is 1. The monoisotopic (exact) mass is 605 g/mol. The summed E-state index contributed by atoms with van der Waals surface area (Å²) in [7, 11) is 0. The molecule has 2 bridgehead atoms. The number of amides is 3. The van der Waals surface area contributed by atoms with Gasteiger partial charge in [0.25, 0.3) is 5.91 Å². The van der Waals surface area contributed by atoms with Gasteiger partial charge in [0.1, 0.15) is 11.6 Å². The largest absolute Gasteiger partial charge is 0.394 e. The van der Waals surface area contributed by atoms with Gasteiger partial charge >= 0.3 is 0 Å². The average Bonchev–Trinajstić information content (AvgIpc) is 3.52. The van der Waals surface area contributed by atoms with Crippen LogP contribution in [0.25, 0.3) is 0 Å². The Morgan fingerprint density at radius 1 is 1.12 bits per heavy atom. The molecule has 228 valence electrons. The van der Waals surface area contributed by atoms with Crippen molar-refractivity contribution in [1.29, 1.82) is 0 Å². The van der Waals surface area contributed by atoms with Gasteiger partial charge in [0, 0.05) is 30.3 Å². The molecule has 3 heterocycles. The molecule has 0 radical (unpaired) electrons. The first-order valence-electron chi connectivity index (χ1n) is 14.8. The highest BCUT2D eigenvalue weighted by atomic mass is 35.5. The summed E-state index contributed by atoms with van der Waals surface area (Å²) in [6.45, 7) is 13.8. The highest BCUT2D eigenvalue weighted by molar-refractivity contribution is 6.30. The summed E-state index contributed by atoms with van der Waals surface area (Å²) in [5, 5.41) is 10.8. The highest BCUT2D eigenvalue weighted by Gasteiger charge is 2.80. The lowest BCUT2D eigenvalue weighted by Crippen LogP contribution is -2.58. The second kappa shape index (κ2) is 11.9. The third kappa shape index (κ3) is 4.99. The van der Waals surface area contributed by atoms with Gasteiger partial charge in [0.15, 0.2) is 0 Å². The Bertz CT molecular complexity index is 1400. The molecule has 1 N–H and O–H groups in total. The van der Waals surface area contributed by atoms with E-state index in [0.717, 1.165) is 5.56 Å². The zero-order valence-electron chi connectivity index (χ0n) is 25.0. The molecule has 3 aliphatic rings. The van der Waals surface area contributed by atoms with Gasteiger partial charge in [-0.1, -0.05) is 61.0 Å². The lowest BCUT2D eigenvalue weighted by atomic mass is 9.62. The van der Waals surface area contributed by atoms with E-state index in [1.807, 2.05) is 44.2 Å². The number of halogens is 1. The van der Waals surface area contributed by atoms with E-state index in [0.29, 0.717) is 30.2 Å². The number of carbonyl (C=O) groups excluding carboxylic acids is 3. The molecule has 3 unspecified atom stereocenters. The summed E-state index contributed by atoms with van der Waals surface area (Å²) in [5.74, 6) is -2.72. The Morgan fingerprint density at radius 3 is 2.37 bits per heavy atom. The second-order valence-corrected chi connectivity index (χ2v) is 12.6. The first-order valence-corrected chi connectivity index (χ1v) is 15.2. The van der Waals surface area contributed by atoms with Crippen molar-refractivity contribution in [2.75, 3.05) is 24.6 Å². The minimum Gasteiger partial charge on any atom is -0.394 e. The van der Waals surface area contributed by atoms with Crippen LogP contribution in [-0.2, 0) is 25.7 Å². The summed E-state index contributed by atoms with van der Waals surface area (Å²) < 4.78 is 6.90. The summed E-state index contributed by atoms with van der Waals surface area (Å²) in [6.07, 6.45) is 3.73. The van der Waals surface area contributed by atoms with Crippen LogP contribution in [0.15, 0.2) is 79.9 Å². The minimum atomic E-state index is -1.25. The number of ether oxygens (including phenoxy) is 1. The number of aliphatic hydroxyl groups is 1. The van der Waals surface area contributed by atoms with Crippen LogP contribution in [0.5, 0.6) is 0 Å². The Kier molecular flexibility index (Phi) is 8.58. The maximum Gasteiger partial charge on any atom is 0.253 e. The van der Waals surface area contributed by atoms with Crippen molar-refractivity contribution in [2.24, 2.45) is 17.8 Å². The van der Waals surface area contributed by atoms with Crippen LogP contribution in [0.4, 0.5) is 5.69 Å². The molecule has 0 aliphatic carbocycles. The lowest BCUT2D eigenvalue weighted by molar-refractivity contribution is -0.153. The quantitative estimate of drug-likeness (QED) is 0.382. The van der Waals surface area contributed by atoms with Crippen molar-refractivity contribution in [3.8, 4) is 0 Å². The minimum absolute atomic E-state index is 0.115. The number of hydrogen-bond donors (Lipinski definition) is 1. The number of rotatable bonds is 11. The molecule has 7 atom stereocenters. The number of anilines is 1. The molecule has 3 amide bonds. The maximum atomic E-state index is 14.7. The molecule has 3 aliphatic heterocycles. The van der Waals surface area contributed by atoms with Gasteiger partial charge in [-0.3, -0.25) is 14.4 Å². The number of hydrogen-bond acceptors (Lipinski definition) is 5. The number of benzene rings is 2. The van der Waals surface area contributed by atoms with E-state index in [2.05, 4.69) is 13.2 Å². The third-order valence-electron chi connectivity index (χ3n) is 9.58. The fraction of sp³-hybridized carbons (Fsp3) is 0.441. The van der Waals surface area contributed by atoms with E-state index in [-0.39, 0.29) is 36.8 Å².